The molecule has 0 spiro atoms. The minimum absolute atomic E-state index is 0.272. The van der Waals surface area contributed by atoms with Crippen LogP contribution in [-0.2, 0) is 19.3 Å². The molecule has 1 aliphatic rings. The molecule has 1 nitrogen and oxygen atoms in total. The summed E-state index contributed by atoms with van der Waals surface area (Å²) in [6.45, 7) is 2.11. The number of rotatable bonds is 3. The van der Waals surface area contributed by atoms with Crippen molar-refractivity contribution < 1.29 is 4.79 Å². The van der Waals surface area contributed by atoms with Crippen LogP contribution in [0.1, 0.15) is 39.0 Å². The Morgan fingerprint density at radius 3 is 2.43 bits per heavy atom. The van der Waals surface area contributed by atoms with Gasteiger partial charge in [0, 0.05) is 22.0 Å². The van der Waals surface area contributed by atoms with Crippen molar-refractivity contribution in [1.29, 1.82) is 0 Å². The molecule has 0 heterocycles. The lowest BCUT2D eigenvalue weighted by Gasteiger charge is -2.12. The van der Waals surface area contributed by atoms with Gasteiger partial charge in [-0.25, -0.2) is 0 Å². The highest BCUT2D eigenvalue weighted by Gasteiger charge is 2.22. The van der Waals surface area contributed by atoms with Crippen molar-refractivity contribution in [2.24, 2.45) is 0 Å². The molecule has 0 aromatic heterocycles. The van der Waals surface area contributed by atoms with Crippen LogP contribution in [0, 0.1) is 6.92 Å². The standard InChI is InChI=1S/C18H16Cl2O/c1-11-12(5-7-14-13(11)9-10-18(14)21)6-8-15-16(19)3-2-4-17(15)20/h2-5,7H,6,8-10H2,1H3. The van der Waals surface area contributed by atoms with Crippen molar-refractivity contribution >= 4 is 29.0 Å². The summed E-state index contributed by atoms with van der Waals surface area (Å²) in [5.41, 5.74) is 5.66. The second-order valence-corrected chi connectivity index (χ2v) is 6.31. The molecule has 0 aliphatic heterocycles. The van der Waals surface area contributed by atoms with Gasteiger partial charge >= 0.3 is 0 Å². The van der Waals surface area contributed by atoms with E-state index in [1.165, 1.54) is 16.7 Å². The first-order valence-electron chi connectivity index (χ1n) is 7.15. The maximum atomic E-state index is 11.8. The van der Waals surface area contributed by atoms with E-state index in [1.54, 1.807) is 0 Å². The summed E-state index contributed by atoms with van der Waals surface area (Å²) in [6.07, 6.45) is 3.22. The fourth-order valence-corrected chi connectivity index (χ4v) is 3.65. The molecule has 2 aromatic carbocycles. The van der Waals surface area contributed by atoms with Gasteiger partial charge in [0.05, 0.1) is 0 Å². The first kappa shape index (κ1) is 14.6. The number of ketones is 1. The quantitative estimate of drug-likeness (QED) is 0.758. The molecule has 0 radical (unpaired) electrons. The van der Waals surface area contributed by atoms with Gasteiger partial charge in [-0.05, 0) is 60.6 Å². The average molecular weight is 319 g/mol. The highest BCUT2D eigenvalue weighted by Crippen LogP contribution is 2.30. The van der Waals surface area contributed by atoms with Crippen LogP contribution in [-0.4, -0.2) is 5.78 Å². The second-order valence-electron chi connectivity index (χ2n) is 5.50. The zero-order valence-electron chi connectivity index (χ0n) is 11.9. The van der Waals surface area contributed by atoms with Gasteiger partial charge in [-0.15, -0.1) is 0 Å². The van der Waals surface area contributed by atoms with Crippen LogP contribution in [0.2, 0.25) is 10.0 Å². The maximum absolute atomic E-state index is 11.8. The monoisotopic (exact) mass is 318 g/mol. The molecule has 2 aromatic rings. The van der Waals surface area contributed by atoms with Crippen molar-refractivity contribution in [2.45, 2.75) is 32.6 Å². The van der Waals surface area contributed by atoms with Crippen LogP contribution in [0.15, 0.2) is 30.3 Å². The third kappa shape index (κ3) is 2.73. The van der Waals surface area contributed by atoms with Gasteiger partial charge in [-0.2, -0.15) is 0 Å². The van der Waals surface area contributed by atoms with Crippen LogP contribution < -0.4 is 0 Å². The predicted molar refractivity (Wildman–Crippen MR) is 87.7 cm³/mol. The number of carbonyl (C=O) groups excluding carboxylic acids is 1. The van der Waals surface area contributed by atoms with E-state index in [-0.39, 0.29) is 5.78 Å². The summed E-state index contributed by atoms with van der Waals surface area (Å²) in [6, 6.07) is 9.65. The number of Topliss-reactive ketones (excluding diaryl/α,β-unsaturated/α-hetero) is 1. The molecule has 3 heteroatoms. The maximum Gasteiger partial charge on any atom is 0.163 e. The van der Waals surface area contributed by atoms with Gasteiger partial charge in [-0.3, -0.25) is 4.79 Å². The summed E-state index contributed by atoms with van der Waals surface area (Å²) in [5.74, 6) is 0.272. The molecule has 3 rings (SSSR count). The first-order valence-corrected chi connectivity index (χ1v) is 7.91. The third-order valence-corrected chi connectivity index (χ3v) is 5.03. The summed E-state index contributed by atoms with van der Waals surface area (Å²) < 4.78 is 0. The van der Waals surface area contributed by atoms with Gasteiger partial charge in [0.2, 0.25) is 0 Å². The largest absolute Gasteiger partial charge is 0.294 e. The smallest absolute Gasteiger partial charge is 0.163 e. The number of fused-ring (bicyclic) bond motifs is 1. The van der Waals surface area contributed by atoms with Crippen molar-refractivity contribution in [3.63, 3.8) is 0 Å². The topological polar surface area (TPSA) is 17.1 Å². The number of hydrogen-bond acceptors (Lipinski definition) is 1. The summed E-state index contributed by atoms with van der Waals surface area (Å²) in [5, 5.41) is 1.44. The van der Waals surface area contributed by atoms with Crippen LogP contribution in [0.3, 0.4) is 0 Å². The Bertz CT molecular complexity index is 699. The van der Waals surface area contributed by atoms with E-state index in [0.29, 0.717) is 6.42 Å². The van der Waals surface area contributed by atoms with Gasteiger partial charge in [0.15, 0.2) is 5.78 Å². The third-order valence-electron chi connectivity index (χ3n) is 4.32. The minimum Gasteiger partial charge on any atom is -0.294 e. The van der Waals surface area contributed by atoms with Crippen LogP contribution in [0.5, 0.6) is 0 Å². The lowest BCUT2D eigenvalue weighted by atomic mass is 9.94. The lowest BCUT2D eigenvalue weighted by Crippen LogP contribution is -2.00. The highest BCUT2D eigenvalue weighted by atomic mass is 35.5. The molecule has 1 aliphatic carbocycles. The number of hydrogen-bond donors (Lipinski definition) is 0. The van der Waals surface area contributed by atoms with Gasteiger partial charge < -0.3 is 0 Å². The van der Waals surface area contributed by atoms with E-state index in [4.69, 9.17) is 23.2 Å². The Hall–Kier alpha value is -1.31. The zero-order chi connectivity index (χ0) is 15.0. The van der Waals surface area contributed by atoms with Crippen molar-refractivity contribution in [3.8, 4) is 0 Å². The van der Waals surface area contributed by atoms with E-state index in [1.807, 2.05) is 24.3 Å². The molecule has 0 amide bonds. The molecule has 0 fully saturated rings. The van der Waals surface area contributed by atoms with E-state index in [2.05, 4.69) is 13.0 Å². The van der Waals surface area contributed by atoms with Crippen molar-refractivity contribution in [1.82, 2.24) is 0 Å². The Morgan fingerprint density at radius 2 is 1.71 bits per heavy atom. The normalized spacial score (nSPS) is 13.6. The number of benzene rings is 2. The summed E-state index contributed by atoms with van der Waals surface area (Å²) in [7, 11) is 0. The van der Waals surface area contributed by atoms with Gasteiger partial charge in [0.25, 0.3) is 0 Å². The summed E-state index contributed by atoms with van der Waals surface area (Å²) in [4.78, 5) is 11.8. The number of halogens is 2. The second kappa shape index (κ2) is 5.82. The predicted octanol–water partition coefficient (Wildman–Crippen LogP) is 5.22. The van der Waals surface area contributed by atoms with Crippen LogP contribution in [0.25, 0.3) is 0 Å². The Kier molecular flexibility index (Phi) is 4.05. The lowest BCUT2D eigenvalue weighted by molar-refractivity contribution is 0.0994. The molecule has 21 heavy (non-hydrogen) atoms. The summed E-state index contributed by atoms with van der Waals surface area (Å²) >= 11 is 12.4. The fraction of sp³-hybridized carbons (Fsp3) is 0.278. The molecule has 0 N–H and O–H groups in total. The molecule has 0 unspecified atom stereocenters. The van der Waals surface area contributed by atoms with Gasteiger partial charge in [0.1, 0.15) is 0 Å². The Balaban J connectivity index is 1.85. The molecular formula is C18H16Cl2O. The number of carbonyl (C=O) groups is 1. The SMILES string of the molecule is Cc1c(CCc2c(Cl)cccc2Cl)ccc2c1CCC2=O. The minimum atomic E-state index is 0.272. The van der Waals surface area contributed by atoms with Crippen LogP contribution >= 0.6 is 23.2 Å². The molecule has 108 valence electrons. The Labute approximate surface area is 134 Å². The van der Waals surface area contributed by atoms with E-state index < -0.39 is 0 Å². The molecule has 0 atom stereocenters. The highest BCUT2D eigenvalue weighted by molar-refractivity contribution is 6.35. The van der Waals surface area contributed by atoms with E-state index >= 15 is 0 Å². The molecule has 0 saturated carbocycles. The zero-order valence-corrected chi connectivity index (χ0v) is 13.4. The average Bonchev–Trinajstić information content (AvgIpc) is 2.83. The van der Waals surface area contributed by atoms with Gasteiger partial charge in [-0.1, -0.05) is 41.4 Å². The van der Waals surface area contributed by atoms with Crippen LogP contribution in [0.4, 0.5) is 0 Å². The molecule has 0 bridgehead atoms. The molecule has 0 saturated heterocycles. The number of aryl methyl sites for hydroxylation is 1. The van der Waals surface area contributed by atoms with Crippen molar-refractivity contribution in [2.75, 3.05) is 0 Å². The van der Waals surface area contributed by atoms with E-state index in [0.717, 1.165) is 40.4 Å². The fourth-order valence-electron chi connectivity index (χ4n) is 3.06. The van der Waals surface area contributed by atoms with Crippen molar-refractivity contribution in [3.05, 3.63) is 68.2 Å². The first-order chi connectivity index (χ1) is 10.1. The molecular weight excluding hydrogens is 303 g/mol. The van der Waals surface area contributed by atoms with E-state index in [9.17, 15) is 4.79 Å². The Morgan fingerprint density at radius 1 is 1.00 bits per heavy atom.